The lowest BCUT2D eigenvalue weighted by Crippen LogP contribution is -2.17. The van der Waals surface area contributed by atoms with Gasteiger partial charge < -0.3 is 4.74 Å². The Morgan fingerprint density at radius 3 is 3.06 bits per heavy atom. The maximum Gasteiger partial charge on any atom is 0.339 e. The van der Waals surface area contributed by atoms with Gasteiger partial charge in [-0.2, -0.15) is 0 Å². The molecule has 0 fully saturated rings. The van der Waals surface area contributed by atoms with E-state index in [1.54, 1.807) is 0 Å². The summed E-state index contributed by atoms with van der Waals surface area (Å²) in [7, 11) is 0. The van der Waals surface area contributed by atoms with Gasteiger partial charge in [0, 0.05) is 5.69 Å². The van der Waals surface area contributed by atoms with E-state index in [9.17, 15) is 4.79 Å². The maximum absolute atomic E-state index is 11.8. The normalized spacial score (nSPS) is 18.6. The standard InChI is InChI=1S/C14H19NO2/c1-4-17-14(16)12-8-11-7-9(2)5-6-13(11)15-10(12)3/h8-9H,4-7H2,1-3H3. The fourth-order valence-electron chi connectivity index (χ4n) is 2.37. The molecule has 1 aliphatic carbocycles. The predicted molar refractivity (Wildman–Crippen MR) is 66.1 cm³/mol. The lowest BCUT2D eigenvalue weighted by molar-refractivity contribution is 0.0524. The van der Waals surface area contributed by atoms with Crippen LogP contribution in [0.1, 0.15) is 47.6 Å². The molecule has 2 rings (SSSR count). The van der Waals surface area contributed by atoms with E-state index >= 15 is 0 Å². The number of aromatic nitrogens is 1. The smallest absolute Gasteiger partial charge is 0.339 e. The van der Waals surface area contributed by atoms with Gasteiger partial charge in [-0.15, -0.1) is 0 Å². The molecule has 1 unspecified atom stereocenters. The zero-order valence-corrected chi connectivity index (χ0v) is 10.7. The molecule has 0 saturated carbocycles. The number of hydrogen-bond donors (Lipinski definition) is 0. The van der Waals surface area contributed by atoms with Crippen molar-refractivity contribution in [3.05, 3.63) is 28.6 Å². The molecule has 3 nitrogen and oxygen atoms in total. The van der Waals surface area contributed by atoms with Crippen LogP contribution >= 0.6 is 0 Å². The summed E-state index contributed by atoms with van der Waals surface area (Å²) in [5, 5.41) is 0. The van der Waals surface area contributed by atoms with Crippen LogP contribution in [0.25, 0.3) is 0 Å². The van der Waals surface area contributed by atoms with Gasteiger partial charge in [-0.1, -0.05) is 6.92 Å². The Labute approximate surface area is 102 Å². The lowest BCUT2D eigenvalue weighted by Gasteiger charge is -2.21. The van der Waals surface area contributed by atoms with Gasteiger partial charge in [-0.3, -0.25) is 4.98 Å². The van der Waals surface area contributed by atoms with Gasteiger partial charge in [-0.05, 0) is 50.7 Å². The van der Waals surface area contributed by atoms with Crippen LogP contribution in [-0.2, 0) is 17.6 Å². The van der Waals surface area contributed by atoms with Gasteiger partial charge >= 0.3 is 5.97 Å². The molecule has 92 valence electrons. The quantitative estimate of drug-likeness (QED) is 0.737. The number of hydrogen-bond acceptors (Lipinski definition) is 3. The van der Waals surface area contributed by atoms with Crippen LogP contribution in [0.4, 0.5) is 0 Å². The highest BCUT2D eigenvalue weighted by Crippen LogP contribution is 2.25. The van der Waals surface area contributed by atoms with Crippen molar-refractivity contribution < 1.29 is 9.53 Å². The number of ether oxygens (including phenoxy) is 1. The summed E-state index contributed by atoms with van der Waals surface area (Å²) in [4.78, 5) is 16.3. The molecule has 17 heavy (non-hydrogen) atoms. The zero-order chi connectivity index (χ0) is 12.4. The third-order valence-corrected chi connectivity index (χ3v) is 3.32. The molecule has 0 bridgehead atoms. The van der Waals surface area contributed by atoms with Crippen LogP contribution in [0.2, 0.25) is 0 Å². The molecule has 1 aromatic rings. The average molecular weight is 233 g/mol. The SMILES string of the molecule is CCOC(=O)c1cc2c(nc1C)CCC(C)C2. The second-order valence-corrected chi connectivity index (χ2v) is 4.80. The topological polar surface area (TPSA) is 39.2 Å². The number of carbonyl (C=O) groups is 1. The van der Waals surface area contributed by atoms with Crippen molar-refractivity contribution in [1.82, 2.24) is 4.98 Å². The number of esters is 1. The summed E-state index contributed by atoms with van der Waals surface area (Å²) < 4.78 is 5.05. The monoisotopic (exact) mass is 233 g/mol. The second kappa shape index (κ2) is 4.86. The molecule has 0 saturated heterocycles. The second-order valence-electron chi connectivity index (χ2n) is 4.80. The minimum atomic E-state index is -0.251. The van der Waals surface area contributed by atoms with Crippen molar-refractivity contribution in [2.75, 3.05) is 6.61 Å². The van der Waals surface area contributed by atoms with Gasteiger partial charge in [0.05, 0.1) is 17.9 Å². The molecule has 0 spiro atoms. The molecular weight excluding hydrogens is 214 g/mol. The van der Waals surface area contributed by atoms with Gasteiger partial charge in [0.1, 0.15) is 0 Å². The molecule has 0 aromatic carbocycles. The summed E-state index contributed by atoms with van der Waals surface area (Å²) in [6.45, 7) is 6.35. The molecule has 1 aliphatic rings. The van der Waals surface area contributed by atoms with Crippen LogP contribution in [0, 0.1) is 12.8 Å². The molecule has 0 N–H and O–H groups in total. The molecular formula is C14H19NO2. The van der Waals surface area contributed by atoms with E-state index in [1.807, 2.05) is 19.9 Å². The number of fused-ring (bicyclic) bond motifs is 1. The van der Waals surface area contributed by atoms with Crippen molar-refractivity contribution >= 4 is 5.97 Å². The van der Waals surface area contributed by atoms with Crippen LogP contribution < -0.4 is 0 Å². The average Bonchev–Trinajstić information content (AvgIpc) is 2.29. The van der Waals surface area contributed by atoms with Crippen molar-refractivity contribution in [1.29, 1.82) is 0 Å². The highest BCUT2D eigenvalue weighted by atomic mass is 16.5. The summed E-state index contributed by atoms with van der Waals surface area (Å²) in [6, 6.07) is 1.98. The highest BCUT2D eigenvalue weighted by Gasteiger charge is 2.20. The van der Waals surface area contributed by atoms with Crippen LogP contribution in [0.15, 0.2) is 6.07 Å². The van der Waals surface area contributed by atoms with Gasteiger partial charge in [-0.25, -0.2) is 4.79 Å². The summed E-state index contributed by atoms with van der Waals surface area (Å²) in [6.07, 6.45) is 3.24. The molecule has 0 amide bonds. The van der Waals surface area contributed by atoms with Gasteiger partial charge in [0.15, 0.2) is 0 Å². The zero-order valence-electron chi connectivity index (χ0n) is 10.7. The summed E-state index contributed by atoms with van der Waals surface area (Å²) >= 11 is 0. The Morgan fingerprint density at radius 2 is 2.35 bits per heavy atom. The Balaban J connectivity index is 2.35. The summed E-state index contributed by atoms with van der Waals surface area (Å²) in [5.41, 5.74) is 3.79. The van der Waals surface area contributed by atoms with Gasteiger partial charge in [0.2, 0.25) is 0 Å². The fourth-order valence-corrected chi connectivity index (χ4v) is 2.37. The van der Waals surface area contributed by atoms with Crippen molar-refractivity contribution in [2.45, 2.75) is 40.0 Å². The molecule has 1 heterocycles. The van der Waals surface area contributed by atoms with Crippen molar-refractivity contribution in [3.8, 4) is 0 Å². The fraction of sp³-hybridized carbons (Fsp3) is 0.571. The number of pyridine rings is 1. The Hall–Kier alpha value is -1.38. The third-order valence-electron chi connectivity index (χ3n) is 3.32. The highest BCUT2D eigenvalue weighted by molar-refractivity contribution is 5.90. The van der Waals surface area contributed by atoms with E-state index in [0.717, 1.165) is 24.2 Å². The maximum atomic E-state index is 11.8. The number of aryl methyl sites for hydroxylation is 2. The van der Waals surface area contributed by atoms with E-state index in [1.165, 1.54) is 12.0 Å². The minimum absolute atomic E-state index is 0.251. The van der Waals surface area contributed by atoms with Crippen molar-refractivity contribution in [2.24, 2.45) is 5.92 Å². The third kappa shape index (κ3) is 2.48. The first-order valence-electron chi connectivity index (χ1n) is 6.28. The van der Waals surface area contributed by atoms with Crippen LogP contribution in [-0.4, -0.2) is 17.6 Å². The van der Waals surface area contributed by atoms with E-state index in [4.69, 9.17) is 4.74 Å². The number of nitrogens with zero attached hydrogens (tertiary/aromatic N) is 1. The first kappa shape index (κ1) is 12.1. The first-order chi connectivity index (χ1) is 8.11. The van der Waals surface area contributed by atoms with Crippen LogP contribution in [0.5, 0.6) is 0 Å². The van der Waals surface area contributed by atoms with Crippen LogP contribution in [0.3, 0.4) is 0 Å². The number of carbonyl (C=O) groups excluding carboxylic acids is 1. The minimum Gasteiger partial charge on any atom is -0.462 e. The predicted octanol–water partition coefficient (Wildman–Crippen LogP) is 2.69. The Bertz CT molecular complexity index is 440. The molecule has 1 atom stereocenters. The molecule has 1 aromatic heterocycles. The Kier molecular flexibility index (Phi) is 3.46. The van der Waals surface area contributed by atoms with Gasteiger partial charge in [0.25, 0.3) is 0 Å². The molecule has 0 radical (unpaired) electrons. The Morgan fingerprint density at radius 1 is 1.59 bits per heavy atom. The molecule has 3 heteroatoms. The lowest BCUT2D eigenvalue weighted by atomic mass is 9.87. The van der Waals surface area contributed by atoms with Crippen molar-refractivity contribution in [3.63, 3.8) is 0 Å². The van der Waals surface area contributed by atoms with E-state index in [2.05, 4.69) is 11.9 Å². The number of rotatable bonds is 2. The van der Waals surface area contributed by atoms with E-state index < -0.39 is 0 Å². The molecule has 0 aliphatic heterocycles. The first-order valence-corrected chi connectivity index (χ1v) is 6.28. The van der Waals surface area contributed by atoms with E-state index in [-0.39, 0.29) is 5.97 Å². The largest absolute Gasteiger partial charge is 0.462 e. The summed E-state index contributed by atoms with van der Waals surface area (Å²) in [5.74, 6) is 0.431. The van der Waals surface area contributed by atoms with E-state index in [0.29, 0.717) is 18.1 Å².